The van der Waals surface area contributed by atoms with E-state index in [4.69, 9.17) is 21.1 Å². The highest BCUT2D eigenvalue weighted by molar-refractivity contribution is 5.95. The summed E-state index contributed by atoms with van der Waals surface area (Å²) < 4.78 is 10.7. The summed E-state index contributed by atoms with van der Waals surface area (Å²) in [7, 11) is 1.58. The van der Waals surface area contributed by atoms with Crippen molar-refractivity contribution in [2.45, 2.75) is 13.5 Å². The van der Waals surface area contributed by atoms with Crippen molar-refractivity contribution in [3.05, 3.63) is 41.2 Å². The number of hydrazine groups is 1. The van der Waals surface area contributed by atoms with Gasteiger partial charge in [0.25, 0.3) is 5.91 Å². The fourth-order valence-electron chi connectivity index (χ4n) is 1.95. The van der Waals surface area contributed by atoms with Gasteiger partial charge in [-0.05, 0) is 31.2 Å². The van der Waals surface area contributed by atoms with E-state index in [1.54, 1.807) is 38.3 Å². The number of rotatable bonds is 5. The third-order valence-electron chi connectivity index (χ3n) is 2.98. The molecule has 22 heavy (non-hydrogen) atoms. The van der Waals surface area contributed by atoms with Crippen LogP contribution in [-0.2, 0) is 6.61 Å². The van der Waals surface area contributed by atoms with E-state index in [1.165, 1.54) is 0 Å². The number of nitrogen functional groups attached to an aromatic ring is 2. The van der Waals surface area contributed by atoms with Crippen LogP contribution in [0.1, 0.15) is 21.7 Å². The second kappa shape index (κ2) is 6.72. The maximum Gasteiger partial charge on any atom is 0.269 e. The summed E-state index contributed by atoms with van der Waals surface area (Å²) >= 11 is 0. The minimum atomic E-state index is -0.495. The summed E-state index contributed by atoms with van der Waals surface area (Å²) in [5.41, 5.74) is 8.74. The Bertz CT molecular complexity index is 673. The summed E-state index contributed by atoms with van der Waals surface area (Å²) in [4.78, 5) is 19.8. The SMILES string of the molecule is COc1ccc(OCc2nc(N)nc(C)c2C(=O)NN)cc1. The lowest BCUT2D eigenvalue weighted by Gasteiger charge is -2.12. The molecule has 1 aromatic carbocycles. The number of nitrogens with zero attached hydrogens (tertiary/aromatic N) is 2. The molecule has 2 rings (SSSR count). The van der Waals surface area contributed by atoms with E-state index < -0.39 is 5.91 Å². The largest absolute Gasteiger partial charge is 0.497 e. The highest BCUT2D eigenvalue weighted by atomic mass is 16.5. The Hall–Kier alpha value is -2.87. The van der Waals surface area contributed by atoms with E-state index in [-0.39, 0.29) is 18.1 Å². The molecule has 0 aliphatic heterocycles. The summed E-state index contributed by atoms with van der Waals surface area (Å²) in [6.45, 7) is 1.71. The molecule has 8 nitrogen and oxygen atoms in total. The van der Waals surface area contributed by atoms with Crippen LogP contribution in [-0.4, -0.2) is 23.0 Å². The molecule has 0 spiro atoms. The van der Waals surface area contributed by atoms with E-state index >= 15 is 0 Å². The van der Waals surface area contributed by atoms with Gasteiger partial charge in [-0.25, -0.2) is 15.8 Å². The highest BCUT2D eigenvalue weighted by Crippen LogP contribution is 2.19. The van der Waals surface area contributed by atoms with Gasteiger partial charge in [-0.2, -0.15) is 0 Å². The molecule has 0 aliphatic carbocycles. The number of methoxy groups -OCH3 is 1. The number of hydrogen-bond acceptors (Lipinski definition) is 7. The molecule has 0 saturated heterocycles. The second-order valence-corrected chi connectivity index (χ2v) is 4.43. The number of aryl methyl sites for hydroxylation is 1. The molecule has 0 bridgehead atoms. The van der Waals surface area contributed by atoms with Crippen LogP contribution in [0.5, 0.6) is 11.5 Å². The Morgan fingerprint density at radius 2 is 1.86 bits per heavy atom. The molecule has 2 aromatic rings. The standard InChI is InChI=1S/C14H17N5O3/c1-8-12(13(20)19-16)11(18-14(15)17-8)7-22-10-5-3-9(21-2)4-6-10/h3-6H,7,16H2,1-2H3,(H,19,20)(H2,15,17,18). The van der Waals surface area contributed by atoms with Gasteiger partial charge in [-0.3, -0.25) is 10.2 Å². The van der Waals surface area contributed by atoms with E-state index in [9.17, 15) is 4.79 Å². The van der Waals surface area contributed by atoms with E-state index in [2.05, 4.69) is 15.4 Å². The molecule has 0 fully saturated rings. The van der Waals surface area contributed by atoms with Crippen molar-refractivity contribution in [1.82, 2.24) is 15.4 Å². The molecule has 0 atom stereocenters. The third-order valence-corrected chi connectivity index (χ3v) is 2.98. The lowest BCUT2D eigenvalue weighted by atomic mass is 10.1. The number of carbonyl (C=O) groups is 1. The number of ether oxygens (including phenoxy) is 2. The van der Waals surface area contributed by atoms with Crippen LogP contribution in [0.2, 0.25) is 0 Å². The van der Waals surface area contributed by atoms with E-state index in [1.807, 2.05) is 0 Å². The van der Waals surface area contributed by atoms with E-state index in [0.717, 1.165) is 5.75 Å². The van der Waals surface area contributed by atoms with Crippen molar-refractivity contribution in [2.75, 3.05) is 12.8 Å². The van der Waals surface area contributed by atoms with Gasteiger partial charge in [-0.15, -0.1) is 0 Å². The summed E-state index contributed by atoms with van der Waals surface area (Å²) in [6, 6.07) is 7.03. The predicted molar refractivity (Wildman–Crippen MR) is 80.2 cm³/mol. The van der Waals surface area contributed by atoms with Crippen LogP contribution in [0.15, 0.2) is 24.3 Å². The molecule has 1 heterocycles. The van der Waals surface area contributed by atoms with Gasteiger partial charge >= 0.3 is 0 Å². The smallest absolute Gasteiger partial charge is 0.269 e. The Morgan fingerprint density at radius 3 is 2.45 bits per heavy atom. The Kier molecular flexibility index (Phi) is 4.74. The number of nitrogens with two attached hydrogens (primary N) is 2. The van der Waals surface area contributed by atoms with Gasteiger partial charge in [0.05, 0.1) is 24.1 Å². The molecule has 116 valence electrons. The lowest BCUT2D eigenvalue weighted by Crippen LogP contribution is -2.32. The Morgan fingerprint density at radius 1 is 1.23 bits per heavy atom. The third kappa shape index (κ3) is 3.41. The molecule has 0 aliphatic rings. The second-order valence-electron chi connectivity index (χ2n) is 4.43. The predicted octanol–water partition coefficient (Wildman–Crippen LogP) is 0.558. The number of hydrogen-bond donors (Lipinski definition) is 3. The zero-order chi connectivity index (χ0) is 16.1. The van der Waals surface area contributed by atoms with Crippen LogP contribution < -0.4 is 26.5 Å². The van der Waals surface area contributed by atoms with Crippen molar-refractivity contribution in [3.63, 3.8) is 0 Å². The molecule has 0 saturated carbocycles. The first-order chi connectivity index (χ1) is 10.5. The van der Waals surface area contributed by atoms with Gasteiger partial charge in [0.2, 0.25) is 5.95 Å². The maximum atomic E-state index is 11.8. The fourth-order valence-corrected chi connectivity index (χ4v) is 1.95. The van der Waals surface area contributed by atoms with Gasteiger partial charge in [0.1, 0.15) is 18.1 Å². The number of carbonyl (C=O) groups excluding carboxylic acids is 1. The normalized spacial score (nSPS) is 10.1. The quantitative estimate of drug-likeness (QED) is 0.418. The number of aromatic nitrogens is 2. The highest BCUT2D eigenvalue weighted by Gasteiger charge is 2.17. The van der Waals surface area contributed by atoms with Gasteiger partial charge < -0.3 is 15.2 Å². The molecule has 0 unspecified atom stereocenters. The topological polar surface area (TPSA) is 125 Å². The van der Waals surface area contributed by atoms with Crippen molar-refractivity contribution >= 4 is 11.9 Å². The summed E-state index contributed by atoms with van der Waals surface area (Å²) in [5.74, 6) is 6.08. The first-order valence-electron chi connectivity index (χ1n) is 6.46. The summed E-state index contributed by atoms with van der Waals surface area (Å²) in [6.07, 6.45) is 0. The zero-order valence-corrected chi connectivity index (χ0v) is 12.3. The van der Waals surface area contributed by atoms with Crippen LogP contribution >= 0.6 is 0 Å². The number of nitrogens with one attached hydrogen (secondary N) is 1. The first kappa shape index (κ1) is 15.5. The molecule has 8 heteroatoms. The molecule has 1 amide bonds. The minimum Gasteiger partial charge on any atom is -0.497 e. The first-order valence-corrected chi connectivity index (χ1v) is 6.46. The molecule has 1 aromatic heterocycles. The maximum absolute atomic E-state index is 11.8. The lowest BCUT2D eigenvalue weighted by molar-refractivity contribution is 0.0949. The van der Waals surface area contributed by atoms with Gasteiger partial charge in [-0.1, -0.05) is 0 Å². The number of amides is 1. The number of benzene rings is 1. The minimum absolute atomic E-state index is 0.0582. The van der Waals surface area contributed by atoms with Crippen LogP contribution in [0, 0.1) is 6.92 Å². The average molecular weight is 303 g/mol. The average Bonchev–Trinajstić information content (AvgIpc) is 2.52. The zero-order valence-electron chi connectivity index (χ0n) is 12.3. The monoisotopic (exact) mass is 303 g/mol. The number of anilines is 1. The van der Waals surface area contributed by atoms with Crippen molar-refractivity contribution in [3.8, 4) is 11.5 Å². The van der Waals surface area contributed by atoms with Crippen molar-refractivity contribution in [1.29, 1.82) is 0 Å². The van der Waals surface area contributed by atoms with Gasteiger partial charge in [0.15, 0.2) is 0 Å². The van der Waals surface area contributed by atoms with E-state index in [0.29, 0.717) is 17.1 Å². The van der Waals surface area contributed by atoms with Crippen LogP contribution in [0.4, 0.5) is 5.95 Å². The van der Waals surface area contributed by atoms with Gasteiger partial charge in [0, 0.05) is 0 Å². The molecule has 0 radical (unpaired) electrons. The van der Waals surface area contributed by atoms with Crippen LogP contribution in [0.25, 0.3) is 0 Å². The fraction of sp³-hybridized carbons (Fsp3) is 0.214. The molecule has 5 N–H and O–H groups in total. The summed E-state index contributed by atoms with van der Waals surface area (Å²) in [5, 5.41) is 0. The Labute approximate surface area is 127 Å². The van der Waals surface area contributed by atoms with Crippen molar-refractivity contribution < 1.29 is 14.3 Å². The van der Waals surface area contributed by atoms with Crippen LogP contribution in [0.3, 0.4) is 0 Å². The van der Waals surface area contributed by atoms with Crippen molar-refractivity contribution in [2.24, 2.45) is 5.84 Å². The molecular weight excluding hydrogens is 286 g/mol. The molecular formula is C14H17N5O3. The Balaban J connectivity index is 2.22.